The molecule has 0 atom stereocenters. The molecule has 0 saturated heterocycles. The average molecular weight is 508 g/mol. The second-order valence-corrected chi connectivity index (χ2v) is 10.2. The number of ether oxygens (including phenoxy) is 1. The number of carbonyl (C=O) groups excluding carboxylic acids is 1. The van der Waals surface area contributed by atoms with Crippen molar-refractivity contribution in [2.24, 2.45) is 0 Å². The van der Waals surface area contributed by atoms with Crippen LogP contribution in [0.4, 0.5) is 5.13 Å². The Hall–Kier alpha value is -1.80. The Morgan fingerprint density at radius 1 is 1.09 bits per heavy atom. The molecule has 0 spiro atoms. The van der Waals surface area contributed by atoms with Crippen LogP contribution in [0.1, 0.15) is 31.7 Å². The highest BCUT2D eigenvalue weighted by molar-refractivity contribution is 7.99. The van der Waals surface area contributed by atoms with E-state index in [1.807, 2.05) is 30.0 Å². The van der Waals surface area contributed by atoms with Crippen LogP contribution in [-0.2, 0) is 4.79 Å². The summed E-state index contributed by atoms with van der Waals surface area (Å²) < 4.78 is 6.67. The fraction of sp³-hybridized carbons (Fsp3) is 0.440. The van der Waals surface area contributed by atoms with E-state index in [2.05, 4.69) is 50.2 Å². The number of nitrogens with zero attached hydrogens (tertiary/aromatic N) is 3. The van der Waals surface area contributed by atoms with Gasteiger partial charge < -0.3 is 9.64 Å². The van der Waals surface area contributed by atoms with Gasteiger partial charge in [-0.25, -0.2) is 4.98 Å². The topological polar surface area (TPSA) is 45.7 Å². The number of aromatic nitrogens is 1. The molecule has 0 unspecified atom stereocenters. The molecular weight excluding hydrogens is 474 g/mol. The van der Waals surface area contributed by atoms with Gasteiger partial charge in [-0.1, -0.05) is 29.0 Å². The summed E-state index contributed by atoms with van der Waals surface area (Å²) in [5.41, 5.74) is 2.18. The van der Waals surface area contributed by atoms with Gasteiger partial charge in [-0.3, -0.25) is 9.69 Å². The third-order valence-electron chi connectivity index (χ3n) is 5.00. The number of aryl methyl sites for hydroxylation is 1. The predicted molar refractivity (Wildman–Crippen MR) is 145 cm³/mol. The lowest BCUT2D eigenvalue weighted by Gasteiger charge is -2.21. The zero-order valence-corrected chi connectivity index (χ0v) is 22.3. The second-order valence-electron chi connectivity index (χ2n) is 8.03. The zero-order chi connectivity index (χ0) is 22.9. The first-order chi connectivity index (χ1) is 15.5. The molecule has 0 N–H and O–H groups in total. The normalized spacial score (nSPS) is 10.9. The lowest BCUT2D eigenvalue weighted by molar-refractivity contribution is -0.118. The molecule has 33 heavy (non-hydrogen) atoms. The van der Waals surface area contributed by atoms with E-state index in [4.69, 9.17) is 9.72 Å². The molecule has 1 amide bonds. The number of benzene rings is 2. The van der Waals surface area contributed by atoms with E-state index in [9.17, 15) is 4.79 Å². The Balaban J connectivity index is 0.00000385. The van der Waals surface area contributed by atoms with Crippen LogP contribution in [0.5, 0.6) is 5.75 Å². The van der Waals surface area contributed by atoms with E-state index in [0.29, 0.717) is 19.6 Å². The molecule has 0 aliphatic heterocycles. The molecule has 1 heterocycles. The number of anilines is 1. The fourth-order valence-corrected chi connectivity index (χ4v) is 5.21. The molecule has 0 radical (unpaired) electrons. The summed E-state index contributed by atoms with van der Waals surface area (Å²) in [5.74, 6) is 1.92. The van der Waals surface area contributed by atoms with Crippen LogP contribution in [0.25, 0.3) is 10.2 Å². The Bertz CT molecular complexity index is 1010. The lowest BCUT2D eigenvalue weighted by atomic mass is 10.2. The molecule has 5 nitrogen and oxygen atoms in total. The summed E-state index contributed by atoms with van der Waals surface area (Å²) in [6.45, 7) is 6.32. The van der Waals surface area contributed by atoms with Gasteiger partial charge in [0.05, 0.1) is 16.8 Å². The largest absolute Gasteiger partial charge is 0.494 e. The molecule has 0 aliphatic rings. The SMILES string of the molecule is CCOc1ccc2nc(N(CCCN(C)C)C(=O)CCCSc3ccc(C)cc3)sc2c1.Cl. The molecule has 2 aromatic carbocycles. The first kappa shape index (κ1) is 27.4. The standard InChI is InChI=1S/C25H33N3O2S2.ClH/c1-5-30-20-11-14-22-23(18-20)32-25(26-22)28(16-7-15-27(3)4)24(29)8-6-17-31-21-12-9-19(2)10-13-21;/h9-14,18H,5-8,15-17H2,1-4H3;1H. The summed E-state index contributed by atoms with van der Waals surface area (Å²) in [7, 11) is 4.11. The van der Waals surface area contributed by atoms with Gasteiger partial charge >= 0.3 is 0 Å². The van der Waals surface area contributed by atoms with Gasteiger partial charge in [0.2, 0.25) is 5.91 Å². The van der Waals surface area contributed by atoms with Gasteiger partial charge in [-0.15, -0.1) is 24.2 Å². The van der Waals surface area contributed by atoms with Gasteiger partial charge in [0.25, 0.3) is 0 Å². The Kier molecular flexibility index (Phi) is 11.5. The van der Waals surface area contributed by atoms with Crippen molar-refractivity contribution in [3.05, 3.63) is 48.0 Å². The Labute approximate surface area is 211 Å². The molecule has 3 rings (SSSR count). The van der Waals surface area contributed by atoms with E-state index in [-0.39, 0.29) is 18.3 Å². The summed E-state index contributed by atoms with van der Waals surface area (Å²) in [4.78, 5) is 23.2. The maximum atomic E-state index is 13.2. The van der Waals surface area contributed by atoms with Crippen LogP contribution in [0.2, 0.25) is 0 Å². The third-order valence-corrected chi connectivity index (χ3v) is 7.14. The predicted octanol–water partition coefficient (Wildman–Crippen LogP) is 6.28. The maximum Gasteiger partial charge on any atom is 0.228 e. The van der Waals surface area contributed by atoms with Gasteiger partial charge in [-0.2, -0.15) is 0 Å². The third kappa shape index (κ3) is 8.49. The fourth-order valence-electron chi connectivity index (χ4n) is 3.32. The first-order valence-electron chi connectivity index (χ1n) is 11.1. The quantitative estimate of drug-likeness (QED) is 0.213. The molecule has 8 heteroatoms. The minimum Gasteiger partial charge on any atom is -0.494 e. The van der Waals surface area contributed by atoms with Crippen molar-refractivity contribution in [1.29, 1.82) is 0 Å². The molecule has 0 bridgehead atoms. The number of carbonyl (C=O) groups is 1. The van der Waals surface area contributed by atoms with Gasteiger partial charge in [-0.05, 0) is 83.4 Å². The number of hydrogen-bond donors (Lipinski definition) is 0. The van der Waals surface area contributed by atoms with Crippen molar-refractivity contribution in [2.75, 3.05) is 44.4 Å². The van der Waals surface area contributed by atoms with Crippen LogP contribution in [0.3, 0.4) is 0 Å². The first-order valence-corrected chi connectivity index (χ1v) is 12.9. The van der Waals surface area contributed by atoms with E-state index in [1.165, 1.54) is 10.5 Å². The minimum absolute atomic E-state index is 0. The number of halogens is 1. The Morgan fingerprint density at radius 2 is 1.85 bits per heavy atom. The van der Waals surface area contributed by atoms with E-state index < -0.39 is 0 Å². The highest BCUT2D eigenvalue weighted by Crippen LogP contribution is 2.32. The van der Waals surface area contributed by atoms with Crippen LogP contribution >= 0.6 is 35.5 Å². The van der Waals surface area contributed by atoms with Crippen molar-refractivity contribution >= 4 is 56.8 Å². The van der Waals surface area contributed by atoms with Crippen LogP contribution in [-0.4, -0.2) is 55.3 Å². The van der Waals surface area contributed by atoms with Crippen LogP contribution in [0.15, 0.2) is 47.4 Å². The van der Waals surface area contributed by atoms with E-state index >= 15 is 0 Å². The summed E-state index contributed by atoms with van der Waals surface area (Å²) in [6, 6.07) is 14.5. The molecule has 0 saturated carbocycles. The number of fused-ring (bicyclic) bond motifs is 1. The number of rotatable bonds is 12. The van der Waals surface area contributed by atoms with Crippen molar-refractivity contribution < 1.29 is 9.53 Å². The monoisotopic (exact) mass is 507 g/mol. The minimum atomic E-state index is 0. The van der Waals surface area contributed by atoms with Crippen molar-refractivity contribution in [3.63, 3.8) is 0 Å². The van der Waals surface area contributed by atoms with Crippen molar-refractivity contribution in [1.82, 2.24) is 9.88 Å². The number of thiazole rings is 1. The second kappa shape index (κ2) is 13.8. The van der Waals surface area contributed by atoms with E-state index in [1.54, 1.807) is 23.1 Å². The number of amides is 1. The molecular formula is C25H34ClN3O2S2. The Morgan fingerprint density at radius 3 is 2.55 bits per heavy atom. The zero-order valence-electron chi connectivity index (χ0n) is 19.9. The van der Waals surface area contributed by atoms with Gasteiger partial charge in [0.15, 0.2) is 5.13 Å². The average Bonchev–Trinajstić information content (AvgIpc) is 3.18. The number of hydrogen-bond acceptors (Lipinski definition) is 6. The molecule has 0 aliphatic carbocycles. The van der Waals surface area contributed by atoms with Crippen LogP contribution < -0.4 is 9.64 Å². The highest BCUT2D eigenvalue weighted by atomic mass is 35.5. The highest BCUT2D eigenvalue weighted by Gasteiger charge is 2.19. The number of thioether (sulfide) groups is 1. The summed E-state index contributed by atoms with van der Waals surface area (Å²) in [5, 5.41) is 0.781. The molecule has 0 fully saturated rings. The smallest absolute Gasteiger partial charge is 0.228 e. The molecule has 1 aromatic heterocycles. The van der Waals surface area contributed by atoms with E-state index in [0.717, 1.165) is 46.2 Å². The van der Waals surface area contributed by atoms with Crippen molar-refractivity contribution in [2.45, 2.75) is 38.0 Å². The summed E-state index contributed by atoms with van der Waals surface area (Å²) >= 11 is 3.37. The van der Waals surface area contributed by atoms with Crippen molar-refractivity contribution in [3.8, 4) is 5.75 Å². The van der Waals surface area contributed by atoms with Gasteiger partial charge in [0.1, 0.15) is 5.75 Å². The lowest BCUT2D eigenvalue weighted by Crippen LogP contribution is -2.33. The maximum absolute atomic E-state index is 13.2. The van der Waals surface area contributed by atoms with Gasteiger partial charge in [0, 0.05) is 17.9 Å². The summed E-state index contributed by atoms with van der Waals surface area (Å²) in [6.07, 6.45) is 2.29. The molecule has 180 valence electrons. The molecule has 3 aromatic rings. The van der Waals surface area contributed by atoms with Crippen LogP contribution in [0, 0.1) is 6.92 Å².